The molecule has 0 N–H and O–H groups in total. The number of imide groups is 1. The highest BCUT2D eigenvalue weighted by Gasteiger charge is 2.32. The minimum absolute atomic E-state index is 0.0897. The molecule has 144 valence electrons. The van der Waals surface area contributed by atoms with Crippen molar-refractivity contribution >= 4 is 11.8 Å². The molecule has 8 heteroatoms. The predicted molar refractivity (Wildman–Crippen MR) is 91.8 cm³/mol. The number of hydrogen-bond donors (Lipinski definition) is 0. The molecule has 1 aromatic heterocycles. The molecule has 0 aliphatic heterocycles. The van der Waals surface area contributed by atoms with Crippen molar-refractivity contribution in [1.82, 2.24) is 14.7 Å². The number of aryl methyl sites for hydroxylation is 1. The Morgan fingerprint density at radius 1 is 1.22 bits per heavy atom. The average Bonchev–Trinajstić information content (AvgIpc) is 3.40. The summed E-state index contributed by atoms with van der Waals surface area (Å²) in [6.07, 6.45) is -2.25. The fraction of sp³-hybridized carbons (Fsp3) is 0.421. The van der Waals surface area contributed by atoms with Gasteiger partial charge in [0.2, 0.25) is 5.91 Å². The first-order valence-electron chi connectivity index (χ1n) is 8.75. The summed E-state index contributed by atoms with van der Waals surface area (Å²) < 4.78 is 39.6. The summed E-state index contributed by atoms with van der Waals surface area (Å²) in [4.78, 5) is 26.3. The fourth-order valence-electron chi connectivity index (χ4n) is 2.85. The van der Waals surface area contributed by atoms with Gasteiger partial charge in [-0.1, -0.05) is 19.1 Å². The molecular weight excluding hydrogens is 359 g/mol. The number of benzene rings is 1. The van der Waals surface area contributed by atoms with Crippen LogP contribution < -0.4 is 0 Å². The molecule has 1 aromatic carbocycles. The highest BCUT2D eigenvalue weighted by molar-refractivity contribution is 6.03. The Bertz CT molecular complexity index is 852. The largest absolute Gasteiger partial charge is 0.416 e. The van der Waals surface area contributed by atoms with E-state index in [1.165, 1.54) is 16.8 Å². The molecule has 2 amide bonds. The summed E-state index contributed by atoms with van der Waals surface area (Å²) in [5, 5.41) is 4.34. The first-order valence-corrected chi connectivity index (χ1v) is 8.75. The number of alkyl halides is 3. The smallest absolute Gasteiger partial charge is 0.274 e. The molecule has 0 bridgehead atoms. The van der Waals surface area contributed by atoms with Gasteiger partial charge < -0.3 is 0 Å². The minimum Gasteiger partial charge on any atom is -0.274 e. The van der Waals surface area contributed by atoms with Gasteiger partial charge in [-0.3, -0.25) is 19.2 Å². The Balaban J connectivity index is 1.83. The van der Waals surface area contributed by atoms with Gasteiger partial charge in [-0.15, -0.1) is 0 Å². The molecule has 1 saturated carbocycles. The molecule has 2 aromatic rings. The van der Waals surface area contributed by atoms with Crippen molar-refractivity contribution in [2.75, 3.05) is 0 Å². The van der Waals surface area contributed by atoms with Gasteiger partial charge in [-0.2, -0.15) is 18.3 Å². The van der Waals surface area contributed by atoms with Crippen molar-refractivity contribution in [1.29, 1.82) is 0 Å². The van der Waals surface area contributed by atoms with Crippen LogP contribution in [-0.2, 0) is 24.6 Å². The normalized spacial score (nSPS) is 14.3. The van der Waals surface area contributed by atoms with Crippen LogP contribution >= 0.6 is 0 Å². The van der Waals surface area contributed by atoms with E-state index in [2.05, 4.69) is 5.10 Å². The Morgan fingerprint density at radius 2 is 1.85 bits per heavy atom. The van der Waals surface area contributed by atoms with Gasteiger partial charge in [0, 0.05) is 19.4 Å². The Hall–Kier alpha value is -2.64. The summed E-state index contributed by atoms with van der Waals surface area (Å²) in [7, 11) is 1.64. The average molecular weight is 379 g/mol. The van der Waals surface area contributed by atoms with Crippen LogP contribution in [0, 0.1) is 0 Å². The van der Waals surface area contributed by atoms with Crippen molar-refractivity contribution in [3.05, 3.63) is 52.8 Å². The molecule has 0 spiro atoms. The third-order valence-electron chi connectivity index (χ3n) is 4.58. The van der Waals surface area contributed by atoms with Gasteiger partial charge in [0.05, 0.1) is 17.8 Å². The standard InChI is InChI=1S/C19H20F3N3O2/c1-3-17(26)25(11-12-4-8-14(9-5-12)19(20,21)22)18(27)16-10-15(13-6-7-13)23-24(16)2/h4-5,8-10,13H,3,6-7,11H2,1-2H3. The number of rotatable bonds is 5. The number of hydrogen-bond acceptors (Lipinski definition) is 3. The Kier molecular flexibility index (Phi) is 5.08. The van der Waals surface area contributed by atoms with E-state index in [4.69, 9.17) is 0 Å². The molecule has 1 heterocycles. The van der Waals surface area contributed by atoms with E-state index in [-0.39, 0.29) is 13.0 Å². The second-order valence-corrected chi connectivity index (χ2v) is 6.69. The van der Waals surface area contributed by atoms with Crippen LogP contribution in [0.1, 0.15) is 59.4 Å². The zero-order chi connectivity index (χ0) is 19.8. The van der Waals surface area contributed by atoms with Gasteiger partial charge in [0.25, 0.3) is 5.91 Å². The molecule has 3 rings (SSSR count). The third-order valence-corrected chi connectivity index (χ3v) is 4.58. The number of carbonyl (C=O) groups is 2. The Labute approximate surface area is 154 Å². The van der Waals surface area contributed by atoms with Crippen molar-refractivity contribution in [3.63, 3.8) is 0 Å². The van der Waals surface area contributed by atoms with Crippen LogP contribution in [0.25, 0.3) is 0 Å². The van der Waals surface area contributed by atoms with Gasteiger partial charge >= 0.3 is 6.18 Å². The Morgan fingerprint density at radius 3 is 2.37 bits per heavy atom. The molecule has 1 aliphatic rings. The van der Waals surface area contributed by atoms with Crippen LogP contribution in [-0.4, -0.2) is 26.5 Å². The molecule has 0 saturated heterocycles. The van der Waals surface area contributed by atoms with E-state index < -0.39 is 23.6 Å². The zero-order valence-electron chi connectivity index (χ0n) is 15.1. The van der Waals surface area contributed by atoms with E-state index in [9.17, 15) is 22.8 Å². The van der Waals surface area contributed by atoms with Gasteiger partial charge in [-0.05, 0) is 36.6 Å². The topological polar surface area (TPSA) is 55.2 Å². The van der Waals surface area contributed by atoms with E-state index in [1.807, 2.05) is 0 Å². The summed E-state index contributed by atoms with van der Waals surface area (Å²) >= 11 is 0. The molecule has 1 fully saturated rings. The molecule has 0 radical (unpaired) electrons. The number of halogens is 3. The fourth-order valence-corrected chi connectivity index (χ4v) is 2.85. The lowest BCUT2D eigenvalue weighted by Crippen LogP contribution is -2.37. The molecule has 5 nitrogen and oxygen atoms in total. The van der Waals surface area contributed by atoms with Crippen LogP contribution in [0.3, 0.4) is 0 Å². The van der Waals surface area contributed by atoms with Crippen LogP contribution in [0.15, 0.2) is 30.3 Å². The van der Waals surface area contributed by atoms with Crippen molar-refractivity contribution < 1.29 is 22.8 Å². The number of aromatic nitrogens is 2. The van der Waals surface area contributed by atoms with E-state index >= 15 is 0 Å². The van der Waals surface area contributed by atoms with Gasteiger partial charge in [0.1, 0.15) is 5.69 Å². The summed E-state index contributed by atoms with van der Waals surface area (Å²) in [6, 6.07) is 6.16. The number of amides is 2. The number of carbonyl (C=O) groups excluding carboxylic acids is 2. The second-order valence-electron chi connectivity index (χ2n) is 6.69. The second kappa shape index (κ2) is 7.17. The van der Waals surface area contributed by atoms with Crippen LogP contribution in [0.5, 0.6) is 0 Å². The quantitative estimate of drug-likeness (QED) is 0.792. The summed E-state index contributed by atoms with van der Waals surface area (Å²) in [6.45, 7) is 1.54. The maximum Gasteiger partial charge on any atom is 0.416 e. The summed E-state index contributed by atoms with van der Waals surface area (Å²) in [5.41, 5.74) is 0.805. The lowest BCUT2D eigenvalue weighted by Gasteiger charge is -2.20. The van der Waals surface area contributed by atoms with Crippen molar-refractivity contribution in [3.8, 4) is 0 Å². The van der Waals surface area contributed by atoms with E-state index in [1.54, 1.807) is 20.0 Å². The summed E-state index contributed by atoms with van der Waals surface area (Å²) in [5.74, 6) is -0.527. The zero-order valence-corrected chi connectivity index (χ0v) is 15.1. The first-order chi connectivity index (χ1) is 12.7. The van der Waals surface area contributed by atoms with Crippen molar-refractivity contribution in [2.24, 2.45) is 7.05 Å². The lowest BCUT2D eigenvalue weighted by molar-refractivity contribution is -0.137. The molecule has 0 atom stereocenters. The number of nitrogens with zero attached hydrogens (tertiary/aromatic N) is 3. The van der Waals surface area contributed by atoms with Crippen molar-refractivity contribution in [2.45, 2.75) is 44.8 Å². The third kappa shape index (κ3) is 4.20. The molecule has 1 aliphatic carbocycles. The van der Waals surface area contributed by atoms with E-state index in [0.29, 0.717) is 17.2 Å². The molecule has 0 unspecified atom stereocenters. The molecular formula is C19H20F3N3O2. The van der Waals surface area contributed by atoms with Crippen LogP contribution in [0.4, 0.5) is 13.2 Å². The van der Waals surface area contributed by atoms with Crippen LogP contribution in [0.2, 0.25) is 0 Å². The van der Waals surface area contributed by atoms with Gasteiger partial charge in [0.15, 0.2) is 0 Å². The highest BCUT2D eigenvalue weighted by Crippen LogP contribution is 2.39. The maximum absolute atomic E-state index is 12.9. The highest BCUT2D eigenvalue weighted by atomic mass is 19.4. The van der Waals surface area contributed by atoms with E-state index in [0.717, 1.165) is 35.6 Å². The minimum atomic E-state index is -4.43. The van der Waals surface area contributed by atoms with Gasteiger partial charge in [-0.25, -0.2) is 0 Å². The molecule has 27 heavy (non-hydrogen) atoms. The predicted octanol–water partition coefficient (Wildman–Crippen LogP) is 3.90. The SMILES string of the molecule is CCC(=O)N(Cc1ccc(C(F)(F)F)cc1)C(=O)c1cc(C2CC2)nn1C. The monoisotopic (exact) mass is 379 g/mol. The lowest BCUT2D eigenvalue weighted by atomic mass is 10.1. The maximum atomic E-state index is 12.9. The first kappa shape index (κ1) is 19.1.